The second kappa shape index (κ2) is 4.33. The molecule has 5 nitrogen and oxygen atoms in total. The minimum atomic E-state index is -0.388. The van der Waals surface area contributed by atoms with Gasteiger partial charge in [0.05, 0.1) is 0 Å². The summed E-state index contributed by atoms with van der Waals surface area (Å²) in [7, 11) is 0. The quantitative estimate of drug-likeness (QED) is 0.773. The van der Waals surface area contributed by atoms with Crippen molar-refractivity contribution in [3.8, 4) is 0 Å². The van der Waals surface area contributed by atoms with Gasteiger partial charge in [0, 0.05) is 18.8 Å². The molecular weight excluding hydrogens is 192 g/mol. The van der Waals surface area contributed by atoms with Crippen molar-refractivity contribution in [1.82, 2.24) is 9.78 Å². The van der Waals surface area contributed by atoms with E-state index in [1.165, 1.54) is 4.68 Å². The minimum absolute atomic E-state index is 0.122. The fraction of sp³-hybridized carbons (Fsp3) is 0.600. The molecule has 3 N–H and O–H groups in total. The molecule has 0 bridgehead atoms. The lowest BCUT2D eigenvalue weighted by Gasteiger charge is -2.18. The van der Waals surface area contributed by atoms with Crippen LogP contribution in [0.2, 0.25) is 0 Å². The second-order valence-electron chi connectivity index (χ2n) is 4.78. The molecule has 84 valence electrons. The first-order valence-corrected chi connectivity index (χ1v) is 4.92. The van der Waals surface area contributed by atoms with Crippen molar-refractivity contribution in [3.63, 3.8) is 0 Å². The number of nitrogens with two attached hydrogens (primary N) is 1. The minimum Gasteiger partial charge on any atom is -0.368 e. The van der Waals surface area contributed by atoms with E-state index in [2.05, 4.69) is 31.2 Å². The number of carbonyl (C=O) groups is 1. The smallest absolute Gasteiger partial charge is 0.239 e. The van der Waals surface area contributed by atoms with E-state index in [0.29, 0.717) is 0 Å². The van der Waals surface area contributed by atoms with Gasteiger partial charge in [0.25, 0.3) is 0 Å². The van der Waals surface area contributed by atoms with Gasteiger partial charge in [0.1, 0.15) is 12.4 Å². The van der Waals surface area contributed by atoms with Gasteiger partial charge >= 0.3 is 0 Å². The van der Waals surface area contributed by atoms with Gasteiger partial charge in [-0.1, -0.05) is 20.8 Å². The molecule has 1 amide bonds. The number of carbonyl (C=O) groups excluding carboxylic acids is 1. The first-order valence-electron chi connectivity index (χ1n) is 4.92. The molecule has 0 radical (unpaired) electrons. The summed E-state index contributed by atoms with van der Waals surface area (Å²) in [5, 5.41) is 7.35. The van der Waals surface area contributed by atoms with E-state index in [1.54, 1.807) is 6.20 Å². The molecule has 0 aliphatic carbocycles. The molecule has 0 atom stereocenters. The number of nitrogens with zero attached hydrogens (tertiary/aromatic N) is 2. The van der Waals surface area contributed by atoms with Gasteiger partial charge in [0.2, 0.25) is 5.91 Å². The third-order valence-electron chi connectivity index (χ3n) is 1.76. The first kappa shape index (κ1) is 11.6. The van der Waals surface area contributed by atoms with Gasteiger partial charge in [-0.2, -0.15) is 5.10 Å². The molecule has 1 aromatic rings. The molecule has 0 saturated carbocycles. The van der Waals surface area contributed by atoms with Crippen molar-refractivity contribution in [2.75, 3.05) is 11.9 Å². The van der Waals surface area contributed by atoms with E-state index in [0.717, 1.165) is 12.4 Å². The largest absolute Gasteiger partial charge is 0.368 e. The van der Waals surface area contributed by atoms with E-state index in [1.807, 2.05) is 6.07 Å². The molecule has 1 aromatic heterocycles. The maximum absolute atomic E-state index is 10.6. The Hall–Kier alpha value is -1.52. The van der Waals surface area contributed by atoms with Crippen molar-refractivity contribution in [2.45, 2.75) is 27.3 Å². The normalized spacial score (nSPS) is 11.4. The van der Waals surface area contributed by atoms with Crippen molar-refractivity contribution < 1.29 is 4.79 Å². The Morgan fingerprint density at radius 3 is 2.80 bits per heavy atom. The number of hydrogen-bond acceptors (Lipinski definition) is 3. The van der Waals surface area contributed by atoms with Gasteiger partial charge in [0.15, 0.2) is 0 Å². The Balaban J connectivity index is 2.50. The summed E-state index contributed by atoms with van der Waals surface area (Å²) in [4.78, 5) is 10.6. The van der Waals surface area contributed by atoms with Gasteiger partial charge in [-0.3, -0.25) is 9.48 Å². The van der Waals surface area contributed by atoms with Crippen LogP contribution in [0.4, 0.5) is 5.82 Å². The molecular formula is C10H18N4O. The van der Waals surface area contributed by atoms with Crippen LogP contribution >= 0.6 is 0 Å². The molecule has 1 heterocycles. The first-order chi connectivity index (χ1) is 6.87. The molecule has 0 aliphatic heterocycles. The van der Waals surface area contributed by atoms with E-state index < -0.39 is 0 Å². The van der Waals surface area contributed by atoms with Crippen LogP contribution in [0.5, 0.6) is 0 Å². The van der Waals surface area contributed by atoms with Crippen LogP contribution in [0.25, 0.3) is 0 Å². The van der Waals surface area contributed by atoms with Gasteiger partial charge in [-0.25, -0.2) is 0 Å². The zero-order valence-corrected chi connectivity index (χ0v) is 9.45. The average Bonchev–Trinajstić information content (AvgIpc) is 2.46. The Morgan fingerprint density at radius 2 is 2.27 bits per heavy atom. The van der Waals surface area contributed by atoms with Crippen molar-refractivity contribution in [1.29, 1.82) is 0 Å². The Morgan fingerprint density at radius 1 is 1.60 bits per heavy atom. The Bertz CT molecular complexity index is 337. The number of amides is 1. The lowest BCUT2D eigenvalue weighted by atomic mass is 9.97. The van der Waals surface area contributed by atoms with Crippen LogP contribution in [0.15, 0.2) is 12.3 Å². The van der Waals surface area contributed by atoms with Gasteiger partial charge < -0.3 is 11.1 Å². The highest BCUT2D eigenvalue weighted by Crippen LogP contribution is 2.13. The predicted molar refractivity (Wildman–Crippen MR) is 59.4 cm³/mol. The molecule has 5 heteroatoms. The third kappa shape index (κ3) is 4.49. The molecule has 1 rings (SSSR count). The number of anilines is 1. The maximum Gasteiger partial charge on any atom is 0.239 e. The van der Waals surface area contributed by atoms with Crippen molar-refractivity contribution in [3.05, 3.63) is 12.3 Å². The van der Waals surface area contributed by atoms with E-state index >= 15 is 0 Å². The van der Waals surface area contributed by atoms with Crippen LogP contribution in [-0.2, 0) is 11.3 Å². The van der Waals surface area contributed by atoms with Crippen LogP contribution < -0.4 is 11.1 Å². The van der Waals surface area contributed by atoms with Crippen LogP contribution in [0, 0.1) is 5.41 Å². The summed E-state index contributed by atoms with van der Waals surface area (Å²) in [5.74, 6) is 0.381. The van der Waals surface area contributed by atoms with Crippen LogP contribution in [-0.4, -0.2) is 22.2 Å². The van der Waals surface area contributed by atoms with Gasteiger partial charge in [-0.05, 0) is 5.41 Å². The third-order valence-corrected chi connectivity index (χ3v) is 1.76. The number of aromatic nitrogens is 2. The standard InChI is InChI=1S/C10H18N4O/c1-10(2,3)7-12-9-4-5-14(13-9)6-8(11)15/h4-5H,6-7H2,1-3H3,(H2,11,15)(H,12,13). The summed E-state index contributed by atoms with van der Waals surface area (Å²) < 4.78 is 1.52. The summed E-state index contributed by atoms with van der Waals surface area (Å²) in [6.07, 6.45) is 1.73. The molecule has 0 saturated heterocycles. The zero-order valence-electron chi connectivity index (χ0n) is 9.45. The number of nitrogens with one attached hydrogen (secondary N) is 1. The molecule has 0 fully saturated rings. The highest BCUT2D eigenvalue weighted by atomic mass is 16.1. The Kier molecular flexibility index (Phi) is 3.34. The number of rotatable bonds is 4. The molecule has 0 spiro atoms. The maximum atomic E-state index is 10.6. The Labute approximate surface area is 89.6 Å². The average molecular weight is 210 g/mol. The van der Waals surface area contributed by atoms with Gasteiger partial charge in [-0.15, -0.1) is 0 Å². The van der Waals surface area contributed by atoms with E-state index in [9.17, 15) is 4.79 Å². The van der Waals surface area contributed by atoms with E-state index in [-0.39, 0.29) is 17.9 Å². The molecule has 15 heavy (non-hydrogen) atoms. The highest BCUT2D eigenvalue weighted by molar-refractivity contribution is 5.73. The summed E-state index contributed by atoms with van der Waals surface area (Å²) in [6.45, 7) is 7.37. The summed E-state index contributed by atoms with van der Waals surface area (Å²) in [5.41, 5.74) is 5.26. The van der Waals surface area contributed by atoms with Crippen LogP contribution in [0.3, 0.4) is 0 Å². The summed E-state index contributed by atoms with van der Waals surface area (Å²) in [6, 6.07) is 1.83. The van der Waals surface area contributed by atoms with Crippen LogP contribution in [0.1, 0.15) is 20.8 Å². The van der Waals surface area contributed by atoms with Crippen molar-refractivity contribution in [2.24, 2.45) is 11.1 Å². The topological polar surface area (TPSA) is 72.9 Å². The predicted octanol–water partition coefficient (Wildman–Crippen LogP) is 0.826. The second-order valence-corrected chi connectivity index (χ2v) is 4.78. The highest BCUT2D eigenvalue weighted by Gasteiger charge is 2.10. The monoisotopic (exact) mass is 210 g/mol. The fourth-order valence-corrected chi connectivity index (χ4v) is 1.06. The molecule has 0 unspecified atom stereocenters. The van der Waals surface area contributed by atoms with E-state index in [4.69, 9.17) is 5.73 Å². The fourth-order valence-electron chi connectivity index (χ4n) is 1.06. The number of primary amides is 1. The summed E-state index contributed by atoms with van der Waals surface area (Å²) >= 11 is 0. The SMILES string of the molecule is CC(C)(C)CNc1ccn(CC(N)=O)n1. The molecule has 0 aromatic carbocycles. The van der Waals surface area contributed by atoms with Crippen molar-refractivity contribution >= 4 is 11.7 Å². The number of hydrogen-bond donors (Lipinski definition) is 2. The lowest BCUT2D eigenvalue weighted by Crippen LogP contribution is -2.20. The zero-order chi connectivity index (χ0) is 11.5. The lowest BCUT2D eigenvalue weighted by molar-refractivity contribution is -0.118. The molecule has 0 aliphatic rings.